The Hall–Kier alpha value is -1.42. The first-order chi connectivity index (χ1) is 24.1. The third kappa shape index (κ3) is 9.92. The molecule has 262 valence electrons. The van der Waals surface area contributed by atoms with Crippen LogP contribution >= 0.6 is 72.3 Å². The van der Waals surface area contributed by atoms with E-state index in [-0.39, 0.29) is 0 Å². The molecule has 0 N–H and O–H groups in total. The number of benzene rings is 4. The zero-order chi connectivity index (χ0) is 34.3. The Morgan fingerprint density at radius 1 is 0.510 bits per heavy atom. The Morgan fingerprint density at radius 2 is 0.918 bits per heavy atom. The maximum Gasteiger partial charge on any atom is 0.122 e. The number of hydrogen-bond donors (Lipinski definition) is 2. The molecular weight excluding hydrogens is 717 g/mol. The SMILES string of the molecule is Cc1cc(C2(c3ccc(OCCCSCCSCCS)c(C)c3)c3ccccc3-c3ccccc32)ccc1OCCCSCCSCCS. The summed E-state index contributed by atoms with van der Waals surface area (Å²) < 4.78 is 12.7. The van der Waals surface area contributed by atoms with Crippen molar-refractivity contribution in [1.82, 2.24) is 0 Å². The van der Waals surface area contributed by atoms with E-state index in [2.05, 4.69) is 124 Å². The van der Waals surface area contributed by atoms with E-state index in [0.717, 1.165) is 72.1 Å². The van der Waals surface area contributed by atoms with Gasteiger partial charge in [0.05, 0.1) is 18.6 Å². The predicted octanol–water partition coefficient (Wildman–Crippen LogP) is 11.0. The van der Waals surface area contributed by atoms with Gasteiger partial charge in [0.15, 0.2) is 0 Å². The zero-order valence-electron chi connectivity index (χ0n) is 28.8. The minimum absolute atomic E-state index is 0.441. The molecule has 0 aromatic heterocycles. The van der Waals surface area contributed by atoms with Crippen LogP contribution in [-0.2, 0) is 5.41 Å². The van der Waals surface area contributed by atoms with Crippen molar-refractivity contribution in [2.75, 3.05) is 70.7 Å². The number of thiol groups is 2. The summed E-state index contributed by atoms with van der Waals surface area (Å²) in [6, 6.07) is 31.6. The summed E-state index contributed by atoms with van der Waals surface area (Å²) in [5, 5.41) is 0. The first-order valence-corrected chi connectivity index (χ1v) is 23.2. The average molecular weight is 767 g/mol. The molecule has 1 aliphatic rings. The van der Waals surface area contributed by atoms with Crippen LogP contribution in [0.25, 0.3) is 11.1 Å². The standard InChI is InChI=1S/C41H50O2S6/c1-31-29-33(13-15-39(31)42-17-7-21-46-25-27-48-23-19-44)41(37-11-5-3-9-35(37)36-10-4-6-12-38(36)41)34-14-16-40(32(2)30-34)43-18-8-22-47-26-28-49-24-20-45/h3-6,9-16,29-30,44-45H,7-8,17-28H2,1-2H3. The Morgan fingerprint density at radius 3 is 1.33 bits per heavy atom. The van der Waals surface area contributed by atoms with Crippen LogP contribution in [-0.4, -0.2) is 70.7 Å². The zero-order valence-corrected chi connectivity index (χ0v) is 33.9. The van der Waals surface area contributed by atoms with E-state index in [9.17, 15) is 0 Å². The van der Waals surface area contributed by atoms with Gasteiger partial charge >= 0.3 is 0 Å². The fourth-order valence-electron chi connectivity index (χ4n) is 6.57. The summed E-state index contributed by atoms with van der Waals surface area (Å²) in [6.45, 7) is 5.85. The molecule has 5 rings (SSSR count). The van der Waals surface area contributed by atoms with Crippen molar-refractivity contribution in [3.63, 3.8) is 0 Å². The highest BCUT2D eigenvalue weighted by Gasteiger charge is 2.46. The molecule has 1 aliphatic carbocycles. The van der Waals surface area contributed by atoms with Crippen molar-refractivity contribution < 1.29 is 9.47 Å². The normalized spacial score (nSPS) is 12.9. The molecule has 0 fully saturated rings. The lowest BCUT2D eigenvalue weighted by atomic mass is 9.67. The van der Waals surface area contributed by atoms with Crippen molar-refractivity contribution in [3.05, 3.63) is 118 Å². The smallest absolute Gasteiger partial charge is 0.122 e. The fourth-order valence-corrected chi connectivity index (χ4v) is 11.0. The highest BCUT2D eigenvalue weighted by atomic mass is 32.2. The van der Waals surface area contributed by atoms with Gasteiger partial charge in [-0.05, 0) is 106 Å². The molecule has 2 nitrogen and oxygen atoms in total. The third-order valence-electron chi connectivity index (χ3n) is 8.76. The quantitative estimate of drug-likeness (QED) is 0.0536. The van der Waals surface area contributed by atoms with Gasteiger partial charge in [0.2, 0.25) is 0 Å². The lowest BCUT2D eigenvalue weighted by molar-refractivity contribution is 0.316. The summed E-state index contributed by atoms with van der Waals surface area (Å²) in [5.74, 6) is 13.2. The van der Waals surface area contributed by atoms with Crippen LogP contribution in [0.5, 0.6) is 11.5 Å². The highest BCUT2D eigenvalue weighted by molar-refractivity contribution is 8.03. The molecule has 0 unspecified atom stereocenters. The molecule has 4 aromatic carbocycles. The van der Waals surface area contributed by atoms with Crippen LogP contribution < -0.4 is 9.47 Å². The fraction of sp³-hybridized carbons (Fsp3) is 0.415. The number of hydrogen-bond acceptors (Lipinski definition) is 8. The van der Waals surface area contributed by atoms with Crippen molar-refractivity contribution in [1.29, 1.82) is 0 Å². The number of ether oxygens (including phenoxy) is 2. The minimum atomic E-state index is -0.441. The average Bonchev–Trinajstić information content (AvgIpc) is 3.42. The van der Waals surface area contributed by atoms with Crippen LogP contribution in [0.1, 0.15) is 46.2 Å². The Bertz CT molecular complexity index is 1490. The monoisotopic (exact) mass is 766 g/mol. The second kappa shape index (κ2) is 20.6. The van der Waals surface area contributed by atoms with Gasteiger partial charge in [-0.25, -0.2) is 0 Å². The van der Waals surface area contributed by atoms with E-state index in [0.29, 0.717) is 0 Å². The van der Waals surface area contributed by atoms with Crippen molar-refractivity contribution in [3.8, 4) is 22.6 Å². The third-order valence-corrected chi connectivity index (χ3v) is 14.4. The van der Waals surface area contributed by atoms with Crippen molar-refractivity contribution in [2.24, 2.45) is 0 Å². The summed E-state index contributed by atoms with van der Waals surface area (Å²) >= 11 is 16.6. The van der Waals surface area contributed by atoms with E-state index >= 15 is 0 Å². The molecule has 4 aromatic rings. The largest absolute Gasteiger partial charge is 0.493 e. The Balaban J connectivity index is 1.34. The molecular formula is C41H50O2S6. The molecule has 0 aliphatic heterocycles. The molecule has 49 heavy (non-hydrogen) atoms. The number of aryl methyl sites for hydroxylation is 2. The lowest BCUT2D eigenvalue weighted by Crippen LogP contribution is -2.29. The highest BCUT2D eigenvalue weighted by Crippen LogP contribution is 2.56. The number of rotatable bonds is 22. The molecule has 0 saturated heterocycles. The second-order valence-corrected chi connectivity index (χ2v) is 17.9. The van der Waals surface area contributed by atoms with E-state index < -0.39 is 5.41 Å². The molecule has 0 heterocycles. The van der Waals surface area contributed by atoms with Crippen molar-refractivity contribution >= 4 is 72.3 Å². The van der Waals surface area contributed by atoms with Gasteiger partial charge in [-0.1, -0.05) is 72.8 Å². The van der Waals surface area contributed by atoms with Crippen LogP contribution in [0.15, 0.2) is 84.9 Å². The van der Waals surface area contributed by atoms with E-state index in [1.54, 1.807) is 0 Å². The van der Waals surface area contributed by atoms with Crippen LogP contribution in [0.4, 0.5) is 0 Å². The van der Waals surface area contributed by atoms with E-state index in [1.165, 1.54) is 67.5 Å². The molecule has 0 radical (unpaired) electrons. The van der Waals surface area contributed by atoms with E-state index in [1.807, 2.05) is 47.0 Å². The Labute approximate surface area is 323 Å². The minimum Gasteiger partial charge on any atom is -0.493 e. The van der Waals surface area contributed by atoms with Crippen LogP contribution in [0, 0.1) is 13.8 Å². The van der Waals surface area contributed by atoms with Crippen LogP contribution in [0.2, 0.25) is 0 Å². The first kappa shape index (κ1) is 38.8. The summed E-state index contributed by atoms with van der Waals surface area (Å²) in [5.41, 5.74) is 9.69. The Kier molecular flexibility index (Phi) is 16.3. The van der Waals surface area contributed by atoms with Gasteiger partial charge in [0, 0.05) is 34.5 Å². The molecule has 0 atom stereocenters. The van der Waals surface area contributed by atoms with Gasteiger partial charge in [-0.15, -0.1) is 0 Å². The van der Waals surface area contributed by atoms with Gasteiger partial charge in [0.25, 0.3) is 0 Å². The van der Waals surface area contributed by atoms with E-state index in [4.69, 9.17) is 9.47 Å². The summed E-state index contributed by atoms with van der Waals surface area (Å²) in [4.78, 5) is 0. The number of thioether (sulfide) groups is 4. The van der Waals surface area contributed by atoms with Crippen molar-refractivity contribution in [2.45, 2.75) is 32.1 Å². The van der Waals surface area contributed by atoms with Gasteiger partial charge in [-0.3, -0.25) is 0 Å². The topological polar surface area (TPSA) is 18.5 Å². The molecule has 8 heteroatoms. The van der Waals surface area contributed by atoms with Gasteiger partial charge in [0.1, 0.15) is 11.5 Å². The lowest BCUT2D eigenvalue weighted by Gasteiger charge is -2.34. The molecule has 0 amide bonds. The number of fused-ring (bicyclic) bond motifs is 3. The maximum absolute atomic E-state index is 6.35. The summed E-state index contributed by atoms with van der Waals surface area (Å²) in [6.07, 6.45) is 2.10. The second-order valence-electron chi connectivity index (χ2n) is 12.1. The van der Waals surface area contributed by atoms with Gasteiger partial charge in [-0.2, -0.15) is 72.3 Å². The maximum atomic E-state index is 6.35. The molecule has 0 bridgehead atoms. The molecule has 0 spiro atoms. The van der Waals surface area contributed by atoms with Gasteiger partial charge < -0.3 is 9.47 Å². The summed E-state index contributed by atoms with van der Waals surface area (Å²) in [7, 11) is 0. The molecule has 0 saturated carbocycles. The first-order valence-electron chi connectivity index (χ1n) is 17.3. The predicted molar refractivity (Wildman–Crippen MR) is 230 cm³/mol. The van der Waals surface area contributed by atoms with Crippen LogP contribution in [0.3, 0.4) is 0 Å².